The zero-order valence-electron chi connectivity index (χ0n) is 25.8. The summed E-state index contributed by atoms with van der Waals surface area (Å²) in [4.78, 5) is 61.9. The Kier molecular flexibility index (Phi) is 7.14. The number of morpholine rings is 1. The number of carbonyl (C=O) groups is 4. The number of phenolic OH excluding ortho intramolecular Hbond substituents is 1. The molecule has 3 aromatic rings. The summed E-state index contributed by atoms with van der Waals surface area (Å²) >= 11 is 3.54. The zero-order chi connectivity index (χ0) is 32.6. The van der Waals surface area contributed by atoms with Crippen molar-refractivity contribution in [1.82, 2.24) is 0 Å². The van der Waals surface area contributed by atoms with Gasteiger partial charge in [0.25, 0.3) is 0 Å². The molecule has 9 nitrogen and oxygen atoms in total. The van der Waals surface area contributed by atoms with E-state index in [1.54, 1.807) is 42.5 Å². The molecule has 47 heavy (non-hydrogen) atoms. The minimum atomic E-state index is -1.22. The highest BCUT2D eigenvalue weighted by atomic mass is 79.9. The van der Waals surface area contributed by atoms with Crippen LogP contribution in [-0.2, 0) is 23.9 Å². The summed E-state index contributed by atoms with van der Waals surface area (Å²) in [6, 6.07) is 21.5. The number of ether oxygens (including phenoxy) is 1. The van der Waals surface area contributed by atoms with Crippen LogP contribution in [-0.4, -0.2) is 55.0 Å². The molecule has 2 aliphatic carbocycles. The van der Waals surface area contributed by atoms with E-state index in [-0.39, 0.29) is 35.8 Å². The quantitative estimate of drug-likeness (QED) is 0.287. The molecule has 3 aliphatic heterocycles. The summed E-state index contributed by atoms with van der Waals surface area (Å²) in [5.41, 5.74) is 2.15. The first-order valence-corrected chi connectivity index (χ1v) is 16.9. The molecule has 3 heterocycles. The average molecular weight is 697 g/mol. The molecule has 240 valence electrons. The van der Waals surface area contributed by atoms with E-state index in [1.165, 1.54) is 9.80 Å². The number of rotatable bonds is 4. The van der Waals surface area contributed by atoms with Crippen LogP contribution in [0.25, 0.3) is 0 Å². The topological polar surface area (TPSA) is 107 Å². The molecule has 10 heteroatoms. The number of amides is 4. The second-order valence-electron chi connectivity index (χ2n) is 13.3. The van der Waals surface area contributed by atoms with Crippen molar-refractivity contribution in [2.24, 2.45) is 29.1 Å². The fraction of sp³-hybridized carbons (Fsp3) is 0.351. The predicted octanol–water partition coefficient (Wildman–Crippen LogP) is 5.43. The second-order valence-corrected chi connectivity index (χ2v) is 14.2. The molecule has 0 aromatic heterocycles. The molecule has 5 aliphatic rings. The Morgan fingerprint density at radius 2 is 1.49 bits per heavy atom. The number of hydrogen-bond acceptors (Lipinski definition) is 7. The van der Waals surface area contributed by atoms with Crippen LogP contribution in [0.5, 0.6) is 5.75 Å². The molecule has 4 amide bonds. The fourth-order valence-corrected chi connectivity index (χ4v) is 9.21. The maximum atomic E-state index is 14.5. The van der Waals surface area contributed by atoms with E-state index in [1.807, 2.05) is 43.3 Å². The van der Waals surface area contributed by atoms with Gasteiger partial charge >= 0.3 is 0 Å². The molecule has 1 saturated carbocycles. The van der Waals surface area contributed by atoms with Gasteiger partial charge in [-0.3, -0.25) is 24.1 Å². The Morgan fingerprint density at radius 3 is 2.21 bits per heavy atom. The highest BCUT2D eigenvalue weighted by Gasteiger charge is 2.68. The number of imide groups is 2. The van der Waals surface area contributed by atoms with Crippen LogP contribution in [0.4, 0.5) is 17.1 Å². The molecular formula is C37H34BrN3O6. The zero-order valence-corrected chi connectivity index (χ0v) is 27.4. The first kappa shape index (κ1) is 30.1. The summed E-state index contributed by atoms with van der Waals surface area (Å²) in [6.45, 7) is 4.68. The normalized spacial score (nSPS) is 30.3. The molecule has 0 radical (unpaired) electrons. The molecule has 0 bridgehead atoms. The SMILES string of the molecule is CC12C(=O)N(c3ccccc3)C(=O)C1CC1C(=CCC3C(=O)N(c4ccc(N5CCOCC5)cc4)C(=O)C31)C2c1cc(Br)ccc1O. The highest BCUT2D eigenvalue weighted by molar-refractivity contribution is 9.10. The monoisotopic (exact) mass is 695 g/mol. The first-order chi connectivity index (χ1) is 22.7. The smallest absolute Gasteiger partial charge is 0.241 e. The van der Waals surface area contributed by atoms with Crippen molar-refractivity contribution in [2.75, 3.05) is 41.0 Å². The fourth-order valence-electron chi connectivity index (χ4n) is 8.83. The van der Waals surface area contributed by atoms with E-state index < -0.39 is 35.0 Å². The Bertz CT molecular complexity index is 1840. The van der Waals surface area contributed by atoms with Crippen LogP contribution in [0.15, 0.2) is 88.9 Å². The second kappa shape index (κ2) is 11.2. The van der Waals surface area contributed by atoms with Crippen molar-refractivity contribution in [3.8, 4) is 5.75 Å². The summed E-state index contributed by atoms with van der Waals surface area (Å²) in [5.74, 6) is -4.34. The van der Waals surface area contributed by atoms with E-state index in [2.05, 4.69) is 20.8 Å². The molecule has 1 N–H and O–H groups in total. The van der Waals surface area contributed by atoms with Gasteiger partial charge in [-0.2, -0.15) is 0 Å². The molecule has 0 spiro atoms. The average Bonchev–Trinajstić information content (AvgIpc) is 3.46. The van der Waals surface area contributed by atoms with Gasteiger partial charge < -0.3 is 14.7 Å². The van der Waals surface area contributed by atoms with Gasteiger partial charge in [0.1, 0.15) is 5.75 Å². The van der Waals surface area contributed by atoms with E-state index in [0.717, 1.165) is 28.8 Å². The predicted molar refractivity (Wildman–Crippen MR) is 179 cm³/mol. The number of benzene rings is 3. The van der Waals surface area contributed by atoms with Crippen molar-refractivity contribution in [2.45, 2.75) is 25.7 Å². The number of nitrogens with zero attached hydrogens (tertiary/aromatic N) is 3. The van der Waals surface area contributed by atoms with Crippen molar-refractivity contribution in [1.29, 1.82) is 0 Å². The van der Waals surface area contributed by atoms with Gasteiger partial charge in [0.2, 0.25) is 23.6 Å². The van der Waals surface area contributed by atoms with Crippen molar-refractivity contribution in [3.63, 3.8) is 0 Å². The first-order valence-electron chi connectivity index (χ1n) is 16.1. The van der Waals surface area contributed by atoms with Gasteiger partial charge in [-0.15, -0.1) is 0 Å². The van der Waals surface area contributed by atoms with Crippen LogP contribution in [0, 0.1) is 29.1 Å². The van der Waals surface area contributed by atoms with Crippen LogP contribution < -0.4 is 14.7 Å². The lowest BCUT2D eigenvalue weighted by molar-refractivity contribution is -0.131. The Balaban J connectivity index is 1.20. The lowest BCUT2D eigenvalue weighted by Crippen LogP contribution is -2.48. The number of phenols is 1. The van der Waals surface area contributed by atoms with Crippen LogP contribution >= 0.6 is 15.9 Å². The maximum Gasteiger partial charge on any atom is 0.241 e. The van der Waals surface area contributed by atoms with Crippen molar-refractivity contribution < 1.29 is 29.0 Å². The van der Waals surface area contributed by atoms with Gasteiger partial charge in [0.15, 0.2) is 0 Å². The molecule has 3 saturated heterocycles. The van der Waals surface area contributed by atoms with E-state index >= 15 is 0 Å². The largest absolute Gasteiger partial charge is 0.508 e. The highest BCUT2D eigenvalue weighted by Crippen LogP contribution is 2.64. The molecule has 8 rings (SSSR count). The molecule has 3 aromatic carbocycles. The standard InChI is InChI=1S/C37H34BrN3O6/c1-37-29(34(44)41(36(37)46)23-5-3-2-4-6-23)20-27-25(32(37)28-19-21(38)7-14-30(28)42)12-13-26-31(27)35(45)40(33(26)43)24-10-8-22(9-11-24)39-15-17-47-18-16-39/h2-12,14,19,26-27,29,31-32,42H,13,15-18,20H2,1H3. The minimum absolute atomic E-state index is 0.0102. The van der Waals surface area contributed by atoms with E-state index in [9.17, 15) is 24.3 Å². The third kappa shape index (κ3) is 4.44. The van der Waals surface area contributed by atoms with Crippen LogP contribution in [0.2, 0.25) is 0 Å². The van der Waals surface area contributed by atoms with E-state index in [0.29, 0.717) is 36.6 Å². The lowest BCUT2D eigenvalue weighted by atomic mass is 9.51. The van der Waals surface area contributed by atoms with Crippen molar-refractivity contribution in [3.05, 3.63) is 94.5 Å². The Morgan fingerprint density at radius 1 is 0.809 bits per heavy atom. The number of anilines is 3. The number of hydrogen-bond donors (Lipinski definition) is 1. The summed E-state index contributed by atoms with van der Waals surface area (Å²) in [5, 5.41) is 11.2. The number of fused-ring (bicyclic) bond motifs is 4. The third-order valence-corrected chi connectivity index (χ3v) is 11.6. The van der Waals surface area contributed by atoms with Crippen LogP contribution in [0.3, 0.4) is 0 Å². The Labute approximate surface area is 280 Å². The van der Waals surface area contributed by atoms with Crippen LogP contribution in [0.1, 0.15) is 31.2 Å². The number of aromatic hydroxyl groups is 1. The van der Waals surface area contributed by atoms with Crippen molar-refractivity contribution >= 4 is 56.6 Å². The van der Waals surface area contributed by atoms with Gasteiger partial charge in [-0.1, -0.05) is 45.8 Å². The van der Waals surface area contributed by atoms with Gasteiger partial charge in [-0.05, 0) is 80.3 Å². The van der Waals surface area contributed by atoms with E-state index in [4.69, 9.17) is 4.74 Å². The lowest BCUT2D eigenvalue weighted by Gasteiger charge is -2.49. The molecular weight excluding hydrogens is 662 g/mol. The summed E-state index contributed by atoms with van der Waals surface area (Å²) < 4.78 is 6.19. The Hall–Kier alpha value is -4.28. The number of allylic oxidation sites excluding steroid dienone is 2. The minimum Gasteiger partial charge on any atom is -0.508 e. The summed E-state index contributed by atoms with van der Waals surface area (Å²) in [6.07, 6.45) is 2.59. The molecule has 6 atom stereocenters. The van der Waals surface area contributed by atoms with Gasteiger partial charge in [0.05, 0.1) is 47.8 Å². The van der Waals surface area contributed by atoms with Gasteiger partial charge in [0, 0.05) is 34.7 Å². The third-order valence-electron chi connectivity index (χ3n) is 11.1. The summed E-state index contributed by atoms with van der Waals surface area (Å²) in [7, 11) is 0. The maximum absolute atomic E-state index is 14.5. The molecule has 4 fully saturated rings. The number of carbonyl (C=O) groups excluding carboxylic acids is 4. The molecule has 6 unspecified atom stereocenters. The number of para-hydroxylation sites is 1. The number of halogens is 1. The van der Waals surface area contributed by atoms with Gasteiger partial charge in [-0.25, -0.2) is 4.90 Å².